The summed E-state index contributed by atoms with van der Waals surface area (Å²) in [5.41, 5.74) is 5.03. The molecule has 0 unspecified atom stereocenters. The van der Waals surface area contributed by atoms with Crippen molar-refractivity contribution in [2.24, 2.45) is 7.05 Å². The van der Waals surface area contributed by atoms with Crippen LogP contribution >= 0.6 is 0 Å². The Labute approximate surface area is 148 Å². The Balaban J connectivity index is 1.89. The maximum Gasteiger partial charge on any atom is 0.257 e. The molecule has 0 fully saturated rings. The van der Waals surface area contributed by atoms with Crippen LogP contribution in [0.25, 0.3) is 11.0 Å². The maximum atomic E-state index is 12.7. The zero-order valence-electron chi connectivity index (χ0n) is 15.6. The number of rotatable bonds is 2. The molecule has 25 heavy (non-hydrogen) atoms. The number of carbonyl (C=O) groups excluding carboxylic acids is 1. The van der Waals surface area contributed by atoms with Crippen molar-refractivity contribution in [3.63, 3.8) is 0 Å². The van der Waals surface area contributed by atoms with E-state index in [0.717, 1.165) is 22.4 Å². The van der Waals surface area contributed by atoms with Crippen LogP contribution in [0.3, 0.4) is 0 Å². The highest BCUT2D eigenvalue weighted by molar-refractivity contribution is 6.06. The molecule has 0 bridgehead atoms. The van der Waals surface area contributed by atoms with Gasteiger partial charge in [0.2, 0.25) is 0 Å². The molecular formula is C20H24N4O. The second kappa shape index (κ2) is 5.99. The number of nitrogens with zero attached hydrogens (tertiary/aromatic N) is 3. The van der Waals surface area contributed by atoms with Crippen LogP contribution < -0.4 is 5.32 Å². The molecule has 0 atom stereocenters. The van der Waals surface area contributed by atoms with E-state index in [2.05, 4.69) is 48.3 Å². The Hall–Kier alpha value is -2.69. The van der Waals surface area contributed by atoms with E-state index in [1.807, 2.05) is 39.1 Å². The van der Waals surface area contributed by atoms with Gasteiger partial charge in [0.15, 0.2) is 5.65 Å². The van der Waals surface area contributed by atoms with Crippen LogP contribution in [0.1, 0.15) is 48.1 Å². The molecule has 3 rings (SSSR count). The normalized spacial score (nSPS) is 11.8. The Kier molecular flexibility index (Phi) is 4.11. The average Bonchev–Trinajstić information content (AvgIpc) is 2.80. The third kappa shape index (κ3) is 3.27. The van der Waals surface area contributed by atoms with Crippen molar-refractivity contribution >= 4 is 22.6 Å². The molecule has 1 aromatic carbocycles. The number of hydrogen-bond acceptors (Lipinski definition) is 3. The first-order chi connectivity index (χ1) is 11.7. The summed E-state index contributed by atoms with van der Waals surface area (Å²) in [4.78, 5) is 17.2. The topological polar surface area (TPSA) is 59.8 Å². The maximum absolute atomic E-state index is 12.7. The molecule has 0 saturated heterocycles. The summed E-state index contributed by atoms with van der Waals surface area (Å²) >= 11 is 0. The molecule has 0 aliphatic rings. The number of carbonyl (C=O) groups is 1. The van der Waals surface area contributed by atoms with Gasteiger partial charge in [-0.15, -0.1) is 0 Å². The van der Waals surface area contributed by atoms with Crippen molar-refractivity contribution in [2.75, 3.05) is 5.32 Å². The van der Waals surface area contributed by atoms with Gasteiger partial charge in [0.25, 0.3) is 5.91 Å². The number of nitrogens with one attached hydrogen (secondary N) is 1. The van der Waals surface area contributed by atoms with Gasteiger partial charge in [-0.05, 0) is 43.0 Å². The minimum absolute atomic E-state index is 0.0892. The molecule has 5 nitrogen and oxygen atoms in total. The lowest BCUT2D eigenvalue weighted by molar-refractivity contribution is 0.102. The van der Waals surface area contributed by atoms with E-state index in [0.29, 0.717) is 11.3 Å². The highest BCUT2D eigenvalue weighted by Gasteiger charge is 2.16. The van der Waals surface area contributed by atoms with E-state index in [-0.39, 0.29) is 11.3 Å². The van der Waals surface area contributed by atoms with Crippen LogP contribution in [0, 0.1) is 13.8 Å². The predicted octanol–water partition coefficient (Wildman–Crippen LogP) is 4.13. The number of aryl methyl sites for hydroxylation is 3. The summed E-state index contributed by atoms with van der Waals surface area (Å²) < 4.78 is 1.74. The van der Waals surface area contributed by atoms with Gasteiger partial charge < -0.3 is 5.32 Å². The summed E-state index contributed by atoms with van der Waals surface area (Å²) in [6.07, 6.45) is 0. The molecule has 5 heteroatoms. The Morgan fingerprint density at radius 2 is 1.72 bits per heavy atom. The minimum atomic E-state index is -0.154. The highest BCUT2D eigenvalue weighted by atomic mass is 16.1. The van der Waals surface area contributed by atoms with Crippen molar-refractivity contribution < 1.29 is 4.79 Å². The molecule has 2 aromatic heterocycles. The molecule has 0 aliphatic carbocycles. The van der Waals surface area contributed by atoms with E-state index in [1.54, 1.807) is 4.68 Å². The van der Waals surface area contributed by atoms with E-state index in [1.165, 1.54) is 5.56 Å². The van der Waals surface area contributed by atoms with Crippen molar-refractivity contribution in [1.82, 2.24) is 14.8 Å². The van der Waals surface area contributed by atoms with Gasteiger partial charge in [0.1, 0.15) is 0 Å². The number of fused-ring (bicyclic) bond motifs is 1. The summed E-state index contributed by atoms with van der Waals surface area (Å²) in [6, 6.07) is 9.85. The van der Waals surface area contributed by atoms with E-state index < -0.39 is 0 Å². The largest absolute Gasteiger partial charge is 0.322 e. The molecule has 0 aliphatic heterocycles. The molecule has 0 spiro atoms. The fraction of sp³-hybridized carbons (Fsp3) is 0.350. The van der Waals surface area contributed by atoms with Gasteiger partial charge in [0, 0.05) is 18.1 Å². The molecule has 1 amide bonds. The average molecular weight is 336 g/mol. The lowest BCUT2D eigenvalue weighted by Gasteiger charge is -2.19. The third-order valence-corrected chi connectivity index (χ3v) is 4.44. The third-order valence-electron chi connectivity index (χ3n) is 4.44. The SMILES string of the molecule is Cc1nc2c(cc1C(=O)Nc1ccc(C(C)(C)C)cc1)c(C)nn2C. The van der Waals surface area contributed by atoms with Crippen LogP contribution in [0.4, 0.5) is 5.69 Å². The number of anilines is 1. The number of benzene rings is 1. The summed E-state index contributed by atoms with van der Waals surface area (Å²) in [5.74, 6) is -0.154. The molecule has 130 valence electrons. The molecule has 2 heterocycles. The van der Waals surface area contributed by atoms with Gasteiger partial charge in [-0.25, -0.2) is 4.98 Å². The van der Waals surface area contributed by atoms with Crippen molar-refractivity contribution in [3.05, 3.63) is 52.8 Å². The monoisotopic (exact) mass is 336 g/mol. The van der Waals surface area contributed by atoms with Gasteiger partial charge in [-0.1, -0.05) is 32.9 Å². The van der Waals surface area contributed by atoms with Gasteiger partial charge in [-0.3, -0.25) is 9.48 Å². The molecule has 0 radical (unpaired) electrons. The molecular weight excluding hydrogens is 312 g/mol. The zero-order valence-corrected chi connectivity index (χ0v) is 15.6. The van der Waals surface area contributed by atoms with E-state index in [4.69, 9.17) is 0 Å². The molecule has 1 N–H and O–H groups in total. The predicted molar refractivity (Wildman–Crippen MR) is 101 cm³/mol. The Morgan fingerprint density at radius 3 is 2.32 bits per heavy atom. The number of hydrogen-bond donors (Lipinski definition) is 1. The van der Waals surface area contributed by atoms with Crippen LogP contribution in [0.2, 0.25) is 0 Å². The zero-order chi connectivity index (χ0) is 18.4. The Morgan fingerprint density at radius 1 is 1.08 bits per heavy atom. The summed E-state index contributed by atoms with van der Waals surface area (Å²) in [5, 5.41) is 8.24. The molecule has 0 saturated carbocycles. The fourth-order valence-electron chi connectivity index (χ4n) is 2.91. The first kappa shape index (κ1) is 17.1. The summed E-state index contributed by atoms with van der Waals surface area (Å²) in [6.45, 7) is 10.3. The smallest absolute Gasteiger partial charge is 0.257 e. The first-order valence-corrected chi connectivity index (χ1v) is 8.39. The lowest BCUT2D eigenvalue weighted by Crippen LogP contribution is -2.15. The lowest BCUT2D eigenvalue weighted by atomic mass is 9.87. The fourth-order valence-corrected chi connectivity index (χ4v) is 2.91. The number of aromatic nitrogens is 3. The van der Waals surface area contributed by atoms with Gasteiger partial charge in [0.05, 0.1) is 17.0 Å². The highest BCUT2D eigenvalue weighted by Crippen LogP contribution is 2.24. The van der Waals surface area contributed by atoms with Crippen LogP contribution in [-0.4, -0.2) is 20.7 Å². The van der Waals surface area contributed by atoms with Crippen molar-refractivity contribution in [1.29, 1.82) is 0 Å². The number of amides is 1. The van der Waals surface area contributed by atoms with Crippen LogP contribution in [0.5, 0.6) is 0 Å². The van der Waals surface area contributed by atoms with Crippen molar-refractivity contribution in [3.8, 4) is 0 Å². The van der Waals surface area contributed by atoms with Gasteiger partial charge >= 0.3 is 0 Å². The van der Waals surface area contributed by atoms with Gasteiger partial charge in [-0.2, -0.15) is 5.10 Å². The second-order valence-corrected chi connectivity index (χ2v) is 7.48. The standard InChI is InChI=1S/C20H24N4O/c1-12-17(11-16-13(2)23-24(6)18(16)21-12)19(25)22-15-9-7-14(8-10-15)20(3,4)5/h7-11H,1-6H3,(H,22,25). The Bertz CT molecular complexity index is 946. The second-order valence-electron chi connectivity index (χ2n) is 7.48. The molecule has 3 aromatic rings. The van der Waals surface area contributed by atoms with Crippen molar-refractivity contribution in [2.45, 2.75) is 40.0 Å². The first-order valence-electron chi connectivity index (χ1n) is 8.39. The van der Waals surface area contributed by atoms with E-state index >= 15 is 0 Å². The van der Waals surface area contributed by atoms with Crippen LogP contribution in [-0.2, 0) is 12.5 Å². The minimum Gasteiger partial charge on any atom is -0.322 e. The van der Waals surface area contributed by atoms with Crippen LogP contribution in [0.15, 0.2) is 30.3 Å². The summed E-state index contributed by atoms with van der Waals surface area (Å²) in [7, 11) is 1.86. The van der Waals surface area contributed by atoms with E-state index in [9.17, 15) is 4.79 Å². The quantitative estimate of drug-likeness (QED) is 0.765. The number of pyridine rings is 1.